The Labute approximate surface area is 156 Å². The predicted octanol–water partition coefficient (Wildman–Crippen LogP) is 2.37. The highest BCUT2D eigenvalue weighted by Crippen LogP contribution is 2.43. The van der Waals surface area contributed by atoms with Crippen LogP contribution in [0.4, 0.5) is 0 Å². The first-order chi connectivity index (χ1) is 11.3. The summed E-state index contributed by atoms with van der Waals surface area (Å²) in [7, 11) is -3.74. The molecule has 0 bridgehead atoms. The summed E-state index contributed by atoms with van der Waals surface area (Å²) in [5, 5.41) is 0. The number of aryl methyl sites for hydroxylation is 2. The van der Waals surface area contributed by atoms with Crippen molar-refractivity contribution >= 4 is 28.2 Å². The van der Waals surface area contributed by atoms with Crippen molar-refractivity contribution in [2.75, 3.05) is 13.1 Å². The molecule has 2 fully saturated rings. The Kier molecular flexibility index (Phi) is 5.86. The quantitative estimate of drug-likeness (QED) is 0.864. The number of rotatable bonds is 3. The molecule has 1 aromatic rings. The van der Waals surface area contributed by atoms with E-state index in [0.717, 1.165) is 24.8 Å². The predicted molar refractivity (Wildman–Crippen MR) is 101 cm³/mol. The molecule has 1 atom stereocenters. The van der Waals surface area contributed by atoms with Gasteiger partial charge in [0.1, 0.15) is 0 Å². The molecule has 1 amide bonds. The number of nitrogens with two attached hydrogens (primary N) is 1. The summed E-state index contributed by atoms with van der Waals surface area (Å²) >= 11 is 0. The third-order valence-electron chi connectivity index (χ3n) is 5.46. The van der Waals surface area contributed by atoms with Crippen molar-refractivity contribution in [3.8, 4) is 0 Å². The molecule has 2 aliphatic rings. The molecule has 140 valence electrons. The number of likely N-dealkylation sites (tertiary alicyclic amines) is 1. The van der Waals surface area contributed by atoms with E-state index in [1.54, 1.807) is 17.9 Å². The Morgan fingerprint density at radius 1 is 1.24 bits per heavy atom. The molecule has 5 nitrogen and oxygen atoms in total. The number of carbonyl (C=O) groups is 1. The van der Waals surface area contributed by atoms with Gasteiger partial charge in [0.15, 0.2) is 14.6 Å². The fourth-order valence-corrected chi connectivity index (χ4v) is 6.45. The third-order valence-corrected chi connectivity index (χ3v) is 8.09. The average Bonchev–Trinajstić information content (AvgIpc) is 3.18. The minimum atomic E-state index is -3.74. The first-order valence-electron chi connectivity index (χ1n) is 8.65. The van der Waals surface area contributed by atoms with Crippen molar-refractivity contribution < 1.29 is 13.2 Å². The zero-order valence-corrected chi connectivity index (χ0v) is 16.5. The van der Waals surface area contributed by atoms with Gasteiger partial charge in [-0.25, -0.2) is 8.42 Å². The lowest BCUT2D eigenvalue weighted by atomic mass is 10.1. The average molecular weight is 387 g/mol. The first-order valence-corrected chi connectivity index (χ1v) is 10.1. The molecule has 1 saturated carbocycles. The van der Waals surface area contributed by atoms with Crippen molar-refractivity contribution in [1.82, 2.24) is 4.90 Å². The van der Waals surface area contributed by atoms with Crippen molar-refractivity contribution in [2.24, 2.45) is 5.73 Å². The van der Waals surface area contributed by atoms with Gasteiger partial charge in [0.2, 0.25) is 5.91 Å². The van der Waals surface area contributed by atoms with E-state index in [0.29, 0.717) is 36.4 Å². The second-order valence-electron chi connectivity index (χ2n) is 7.27. The largest absolute Gasteiger partial charge is 0.340 e. The number of amides is 1. The molecule has 0 aromatic heterocycles. The molecule has 3 rings (SSSR count). The molecule has 0 radical (unpaired) electrons. The van der Waals surface area contributed by atoms with Crippen LogP contribution in [0.25, 0.3) is 0 Å². The van der Waals surface area contributed by atoms with Gasteiger partial charge in [-0.3, -0.25) is 4.79 Å². The minimum Gasteiger partial charge on any atom is -0.340 e. The van der Waals surface area contributed by atoms with Crippen LogP contribution in [-0.2, 0) is 14.6 Å². The van der Waals surface area contributed by atoms with E-state index in [1.807, 2.05) is 19.1 Å². The van der Waals surface area contributed by atoms with Gasteiger partial charge >= 0.3 is 0 Å². The third kappa shape index (κ3) is 3.32. The van der Waals surface area contributed by atoms with E-state index < -0.39 is 14.6 Å². The molecule has 1 saturated heterocycles. The van der Waals surface area contributed by atoms with Gasteiger partial charge in [-0.2, -0.15) is 0 Å². The lowest BCUT2D eigenvalue weighted by Crippen LogP contribution is -2.52. The van der Waals surface area contributed by atoms with Gasteiger partial charge in [-0.05, 0) is 50.3 Å². The number of nitrogens with zero attached hydrogens (tertiary/aromatic N) is 1. The Morgan fingerprint density at radius 2 is 1.88 bits per heavy atom. The van der Waals surface area contributed by atoms with Crippen LogP contribution >= 0.6 is 12.4 Å². The maximum Gasteiger partial charge on any atom is 0.244 e. The molecule has 7 heteroatoms. The van der Waals surface area contributed by atoms with Crippen molar-refractivity contribution in [3.63, 3.8) is 0 Å². The van der Waals surface area contributed by atoms with Crippen LogP contribution in [0.5, 0.6) is 0 Å². The van der Waals surface area contributed by atoms with E-state index in [4.69, 9.17) is 5.73 Å². The zero-order chi connectivity index (χ0) is 17.5. The Hall–Kier alpha value is -1.11. The van der Waals surface area contributed by atoms with Crippen LogP contribution in [0, 0.1) is 13.8 Å². The first kappa shape index (κ1) is 20.2. The second-order valence-corrected chi connectivity index (χ2v) is 9.50. The maximum absolute atomic E-state index is 13.5. The smallest absolute Gasteiger partial charge is 0.244 e. The molecule has 1 aliphatic carbocycles. The molecular weight excluding hydrogens is 360 g/mol. The lowest BCUT2D eigenvalue weighted by Gasteiger charge is -2.32. The van der Waals surface area contributed by atoms with Crippen molar-refractivity contribution in [2.45, 2.75) is 61.6 Å². The molecule has 2 N–H and O–H groups in total. The number of hydrogen-bond donors (Lipinski definition) is 1. The molecule has 25 heavy (non-hydrogen) atoms. The fraction of sp³-hybridized carbons (Fsp3) is 0.611. The summed E-state index contributed by atoms with van der Waals surface area (Å²) in [5.74, 6) is -0.242. The summed E-state index contributed by atoms with van der Waals surface area (Å²) < 4.78 is 25.8. The number of halogens is 1. The number of carbonyl (C=O) groups excluding carboxylic acids is 1. The van der Waals surface area contributed by atoms with Crippen LogP contribution in [0.15, 0.2) is 23.1 Å². The van der Waals surface area contributed by atoms with Crippen LogP contribution in [0.2, 0.25) is 0 Å². The highest BCUT2D eigenvalue weighted by atomic mass is 35.5. The van der Waals surface area contributed by atoms with E-state index in [1.165, 1.54) is 0 Å². The number of hydrogen-bond acceptors (Lipinski definition) is 4. The highest BCUT2D eigenvalue weighted by Gasteiger charge is 2.55. The summed E-state index contributed by atoms with van der Waals surface area (Å²) in [4.78, 5) is 15.2. The topological polar surface area (TPSA) is 80.5 Å². The van der Waals surface area contributed by atoms with Crippen LogP contribution < -0.4 is 5.73 Å². The minimum absolute atomic E-state index is 0. The summed E-state index contributed by atoms with van der Waals surface area (Å²) in [6.45, 7) is 4.69. The molecule has 1 heterocycles. The van der Waals surface area contributed by atoms with Crippen molar-refractivity contribution in [3.05, 3.63) is 29.3 Å². The van der Waals surface area contributed by atoms with Gasteiger partial charge in [-0.15, -0.1) is 12.4 Å². The summed E-state index contributed by atoms with van der Waals surface area (Å²) in [6, 6.07) is 5.38. The van der Waals surface area contributed by atoms with E-state index in [2.05, 4.69) is 0 Å². The maximum atomic E-state index is 13.5. The van der Waals surface area contributed by atoms with Gasteiger partial charge in [0.05, 0.1) is 4.90 Å². The molecule has 1 aromatic carbocycles. The lowest BCUT2D eigenvalue weighted by molar-refractivity contribution is -0.132. The van der Waals surface area contributed by atoms with E-state index in [-0.39, 0.29) is 24.4 Å². The Bertz CT molecular complexity index is 758. The molecular formula is C18H27ClN2O3S. The van der Waals surface area contributed by atoms with E-state index >= 15 is 0 Å². The van der Waals surface area contributed by atoms with E-state index in [9.17, 15) is 13.2 Å². The standard InChI is InChI=1S/C18H26N2O3S.ClH/c1-13-5-6-14(2)16(11-13)24(22,23)18(8-3-4-9-18)17(21)20-10-7-15(19)12-20;/h5-6,11,15H,3-4,7-10,12,19H2,1-2H3;1H/t15-;/m0./s1. The fourth-order valence-electron chi connectivity index (χ4n) is 4.01. The Balaban J connectivity index is 0.00000225. The van der Waals surface area contributed by atoms with Crippen LogP contribution in [-0.4, -0.2) is 43.1 Å². The molecule has 1 aliphatic heterocycles. The number of sulfone groups is 1. The number of benzene rings is 1. The van der Waals surface area contributed by atoms with Gasteiger partial charge in [0.25, 0.3) is 0 Å². The van der Waals surface area contributed by atoms with Crippen molar-refractivity contribution in [1.29, 1.82) is 0 Å². The van der Waals surface area contributed by atoms with Gasteiger partial charge < -0.3 is 10.6 Å². The SMILES string of the molecule is Cc1ccc(C)c(S(=O)(=O)C2(C(=O)N3CC[C@H](N)C3)CCCC2)c1.Cl. The van der Waals surface area contributed by atoms with Crippen LogP contribution in [0.1, 0.15) is 43.2 Å². The van der Waals surface area contributed by atoms with Gasteiger partial charge in [-0.1, -0.05) is 25.0 Å². The summed E-state index contributed by atoms with van der Waals surface area (Å²) in [5.41, 5.74) is 7.52. The normalized spacial score (nSPS) is 22.7. The highest BCUT2D eigenvalue weighted by molar-refractivity contribution is 7.93. The van der Waals surface area contributed by atoms with Gasteiger partial charge in [0, 0.05) is 19.1 Å². The Morgan fingerprint density at radius 3 is 2.44 bits per heavy atom. The second kappa shape index (κ2) is 7.25. The monoisotopic (exact) mass is 386 g/mol. The molecule has 0 spiro atoms. The summed E-state index contributed by atoms with van der Waals surface area (Å²) in [6.07, 6.45) is 3.11. The zero-order valence-electron chi connectivity index (χ0n) is 14.8. The molecule has 0 unspecified atom stereocenters. The van der Waals surface area contributed by atoms with Crippen LogP contribution in [0.3, 0.4) is 0 Å².